The summed E-state index contributed by atoms with van der Waals surface area (Å²) in [5, 5.41) is 12.5. The number of aryl methyl sites for hydroxylation is 1. The lowest BCUT2D eigenvalue weighted by Crippen LogP contribution is -1.94. The van der Waals surface area contributed by atoms with Crippen LogP contribution in [0.25, 0.3) is 22.2 Å². The number of thiazole rings is 1. The standard InChI is InChI=1S/C19H18N4OS2/c1-3-13-6-8-14(9-7-13)18-20-15(11-25-18)12-26-19-22-21-17(23(19)2)16-5-4-10-24-16/h4-11H,3,12H2,1-2H3. The Morgan fingerprint density at radius 1 is 1.15 bits per heavy atom. The van der Waals surface area contributed by atoms with Crippen LogP contribution in [0.5, 0.6) is 0 Å². The number of aromatic nitrogens is 4. The third-order valence-electron chi connectivity index (χ3n) is 4.09. The fourth-order valence-electron chi connectivity index (χ4n) is 2.59. The molecule has 0 N–H and O–H groups in total. The second-order valence-electron chi connectivity index (χ2n) is 5.83. The molecule has 5 nitrogen and oxygen atoms in total. The Hall–Kier alpha value is -2.38. The normalized spacial score (nSPS) is 11.2. The molecule has 0 aliphatic heterocycles. The Kier molecular flexibility index (Phi) is 4.90. The largest absolute Gasteiger partial charge is 0.461 e. The van der Waals surface area contributed by atoms with Crippen LogP contribution in [0.4, 0.5) is 0 Å². The molecule has 0 aliphatic carbocycles. The van der Waals surface area contributed by atoms with Crippen LogP contribution in [-0.2, 0) is 19.2 Å². The number of furan rings is 1. The third kappa shape index (κ3) is 3.45. The lowest BCUT2D eigenvalue weighted by atomic mass is 10.1. The lowest BCUT2D eigenvalue weighted by molar-refractivity contribution is 0.572. The lowest BCUT2D eigenvalue weighted by Gasteiger charge is -2.01. The quantitative estimate of drug-likeness (QED) is 0.437. The van der Waals surface area contributed by atoms with Crippen molar-refractivity contribution in [1.29, 1.82) is 0 Å². The van der Waals surface area contributed by atoms with Crippen molar-refractivity contribution in [2.75, 3.05) is 0 Å². The number of hydrogen-bond donors (Lipinski definition) is 0. The molecule has 3 aromatic heterocycles. The fraction of sp³-hybridized carbons (Fsp3) is 0.211. The SMILES string of the molecule is CCc1ccc(-c2nc(CSc3nnc(-c4ccco4)n3C)cs2)cc1. The van der Waals surface area contributed by atoms with Gasteiger partial charge in [-0.3, -0.25) is 0 Å². The summed E-state index contributed by atoms with van der Waals surface area (Å²) in [6.07, 6.45) is 2.69. The number of benzene rings is 1. The van der Waals surface area contributed by atoms with Gasteiger partial charge in [-0.2, -0.15) is 0 Å². The van der Waals surface area contributed by atoms with E-state index in [-0.39, 0.29) is 0 Å². The van der Waals surface area contributed by atoms with E-state index in [1.807, 2.05) is 23.7 Å². The summed E-state index contributed by atoms with van der Waals surface area (Å²) in [5.41, 5.74) is 3.56. The molecular formula is C19H18N4OS2. The molecule has 0 bridgehead atoms. The van der Waals surface area contributed by atoms with Crippen molar-refractivity contribution in [3.8, 4) is 22.2 Å². The summed E-state index contributed by atoms with van der Waals surface area (Å²) in [6.45, 7) is 2.16. The topological polar surface area (TPSA) is 56.7 Å². The van der Waals surface area contributed by atoms with Crippen LogP contribution in [0.3, 0.4) is 0 Å². The molecule has 0 saturated carbocycles. The van der Waals surface area contributed by atoms with Gasteiger partial charge >= 0.3 is 0 Å². The van der Waals surface area contributed by atoms with Gasteiger partial charge < -0.3 is 8.98 Å². The van der Waals surface area contributed by atoms with Crippen molar-refractivity contribution in [1.82, 2.24) is 19.7 Å². The van der Waals surface area contributed by atoms with E-state index < -0.39 is 0 Å². The molecule has 132 valence electrons. The first-order chi connectivity index (χ1) is 12.7. The first-order valence-electron chi connectivity index (χ1n) is 8.34. The summed E-state index contributed by atoms with van der Waals surface area (Å²) in [7, 11) is 1.95. The minimum Gasteiger partial charge on any atom is -0.461 e. The highest BCUT2D eigenvalue weighted by Gasteiger charge is 2.14. The Morgan fingerprint density at radius 3 is 2.73 bits per heavy atom. The predicted molar refractivity (Wildman–Crippen MR) is 105 cm³/mol. The molecule has 0 spiro atoms. The summed E-state index contributed by atoms with van der Waals surface area (Å²) in [5.74, 6) is 2.21. The van der Waals surface area contributed by atoms with E-state index in [1.165, 1.54) is 11.1 Å². The molecular weight excluding hydrogens is 364 g/mol. The Bertz CT molecular complexity index is 987. The zero-order valence-corrected chi connectivity index (χ0v) is 16.2. The third-order valence-corrected chi connectivity index (χ3v) is 6.08. The molecule has 1 aromatic carbocycles. The number of rotatable bonds is 6. The maximum Gasteiger partial charge on any atom is 0.200 e. The van der Waals surface area contributed by atoms with Crippen LogP contribution in [0.1, 0.15) is 18.2 Å². The molecule has 4 rings (SSSR count). The van der Waals surface area contributed by atoms with Gasteiger partial charge in [0.25, 0.3) is 0 Å². The van der Waals surface area contributed by atoms with Gasteiger partial charge in [-0.15, -0.1) is 21.5 Å². The number of thioether (sulfide) groups is 1. The van der Waals surface area contributed by atoms with Gasteiger partial charge in [0, 0.05) is 23.7 Å². The van der Waals surface area contributed by atoms with E-state index in [0.29, 0.717) is 0 Å². The van der Waals surface area contributed by atoms with Crippen molar-refractivity contribution in [2.24, 2.45) is 7.05 Å². The van der Waals surface area contributed by atoms with Gasteiger partial charge in [0.1, 0.15) is 5.01 Å². The molecule has 7 heteroatoms. The Balaban J connectivity index is 1.45. The summed E-state index contributed by atoms with van der Waals surface area (Å²) in [6, 6.07) is 12.4. The van der Waals surface area contributed by atoms with Gasteiger partial charge in [0.05, 0.1) is 12.0 Å². The first-order valence-corrected chi connectivity index (χ1v) is 10.2. The van der Waals surface area contributed by atoms with E-state index in [1.54, 1.807) is 29.4 Å². The van der Waals surface area contributed by atoms with Crippen LogP contribution >= 0.6 is 23.1 Å². The van der Waals surface area contributed by atoms with Gasteiger partial charge in [-0.05, 0) is 24.1 Å². The van der Waals surface area contributed by atoms with Crippen molar-refractivity contribution >= 4 is 23.1 Å². The van der Waals surface area contributed by atoms with Crippen LogP contribution in [0, 0.1) is 0 Å². The zero-order valence-electron chi connectivity index (χ0n) is 14.5. The molecule has 0 amide bonds. The second kappa shape index (κ2) is 7.47. The highest BCUT2D eigenvalue weighted by molar-refractivity contribution is 7.98. The maximum atomic E-state index is 5.40. The summed E-state index contributed by atoms with van der Waals surface area (Å²) in [4.78, 5) is 4.76. The average molecular weight is 383 g/mol. The average Bonchev–Trinajstić information content (AvgIpc) is 3.41. The molecule has 3 heterocycles. The number of nitrogens with zero attached hydrogens (tertiary/aromatic N) is 4. The molecule has 0 fully saturated rings. The van der Waals surface area contributed by atoms with E-state index in [0.717, 1.165) is 39.6 Å². The smallest absolute Gasteiger partial charge is 0.200 e. The van der Waals surface area contributed by atoms with E-state index >= 15 is 0 Å². The predicted octanol–water partition coefficient (Wildman–Crippen LogP) is 5.05. The monoisotopic (exact) mass is 382 g/mol. The fourth-order valence-corrected chi connectivity index (χ4v) is 4.32. The molecule has 0 radical (unpaired) electrons. The molecule has 0 saturated heterocycles. The molecule has 26 heavy (non-hydrogen) atoms. The van der Waals surface area contributed by atoms with Crippen molar-refractivity contribution in [3.05, 3.63) is 59.3 Å². The molecule has 0 atom stereocenters. The number of hydrogen-bond acceptors (Lipinski definition) is 6. The Labute approximate surface area is 160 Å². The van der Waals surface area contributed by atoms with Gasteiger partial charge in [0.15, 0.2) is 16.7 Å². The van der Waals surface area contributed by atoms with E-state index in [2.05, 4.69) is 46.8 Å². The van der Waals surface area contributed by atoms with Crippen LogP contribution in [0.2, 0.25) is 0 Å². The molecule has 0 unspecified atom stereocenters. The molecule has 4 aromatic rings. The Morgan fingerprint density at radius 2 is 2.00 bits per heavy atom. The summed E-state index contributed by atoms with van der Waals surface area (Å²) >= 11 is 3.30. The second-order valence-corrected chi connectivity index (χ2v) is 7.63. The highest BCUT2D eigenvalue weighted by Crippen LogP contribution is 2.29. The van der Waals surface area contributed by atoms with Gasteiger partial charge in [-0.25, -0.2) is 4.98 Å². The highest BCUT2D eigenvalue weighted by atomic mass is 32.2. The zero-order chi connectivity index (χ0) is 17.9. The van der Waals surface area contributed by atoms with Crippen LogP contribution < -0.4 is 0 Å². The van der Waals surface area contributed by atoms with Crippen LogP contribution in [-0.4, -0.2) is 19.7 Å². The van der Waals surface area contributed by atoms with E-state index in [9.17, 15) is 0 Å². The minimum atomic E-state index is 0.721. The maximum absolute atomic E-state index is 5.40. The van der Waals surface area contributed by atoms with E-state index in [4.69, 9.17) is 9.40 Å². The summed E-state index contributed by atoms with van der Waals surface area (Å²) < 4.78 is 7.35. The minimum absolute atomic E-state index is 0.721. The first kappa shape index (κ1) is 17.1. The van der Waals surface area contributed by atoms with Gasteiger partial charge in [0.2, 0.25) is 0 Å². The molecule has 0 aliphatic rings. The van der Waals surface area contributed by atoms with Gasteiger partial charge in [-0.1, -0.05) is 43.0 Å². The van der Waals surface area contributed by atoms with Crippen molar-refractivity contribution < 1.29 is 4.42 Å². The van der Waals surface area contributed by atoms with Crippen molar-refractivity contribution in [2.45, 2.75) is 24.3 Å². The van der Waals surface area contributed by atoms with Crippen LogP contribution in [0.15, 0.2) is 57.6 Å². The van der Waals surface area contributed by atoms with Crippen molar-refractivity contribution in [3.63, 3.8) is 0 Å².